The van der Waals surface area contributed by atoms with Gasteiger partial charge >= 0.3 is 0 Å². The second-order valence-corrected chi connectivity index (χ2v) is 6.83. The van der Waals surface area contributed by atoms with E-state index in [2.05, 4.69) is 5.32 Å². The van der Waals surface area contributed by atoms with Crippen LogP contribution in [0.1, 0.15) is 19.4 Å². The number of benzene rings is 2. The Kier molecular flexibility index (Phi) is 7.66. The highest BCUT2D eigenvalue weighted by Crippen LogP contribution is 2.20. The number of thioether (sulfide) groups is 1. The Labute approximate surface area is 157 Å². The van der Waals surface area contributed by atoms with Gasteiger partial charge in [0.25, 0.3) is 0 Å². The maximum absolute atomic E-state index is 14.0. The third kappa shape index (κ3) is 5.59. The van der Waals surface area contributed by atoms with Crippen LogP contribution in [0.25, 0.3) is 0 Å². The highest BCUT2D eigenvalue weighted by atomic mass is 32.2. The first kappa shape index (κ1) is 20.0. The van der Waals surface area contributed by atoms with Crippen LogP contribution in [0.5, 0.6) is 0 Å². The van der Waals surface area contributed by atoms with E-state index < -0.39 is 6.04 Å². The molecule has 0 heterocycles. The minimum Gasteiger partial charge on any atom is -0.355 e. The Balaban J connectivity index is 2.14. The molecule has 138 valence electrons. The first-order chi connectivity index (χ1) is 12.5. The molecule has 1 N–H and O–H groups in total. The van der Waals surface area contributed by atoms with E-state index in [0.717, 1.165) is 4.90 Å². The van der Waals surface area contributed by atoms with E-state index in [-0.39, 0.29) is 29.9 Å². The number of rotatable bonds is 8. The molecule has 0 saturated carbocycles. The van der Waals surface area contributed by atoms with Crippen molar-refractivity contribution in [2.45, 2.75) is 31.3 Å². The van der Waals surface area contributed by atoms with Gasteiger partial charge in [-0.15, -0.1) is 11.8 Å². The first-order valence-corrected chi connectivity index (χ1v) is 9.50. The van der Waals surface area contributed by atoms with Crippen molar-refractivity contribution in [1.82, 2.24) is 10.2 Å². The van der Waals surface area contributed by atoms with Crippen molar-refractivity contribution >= 4 is 23.6 Å². The van der Waals surface area contributed by atoms with E-state index in [1.165, 1.54) is 22.7 Å². The summed E-state index contributed by atoms with van der Waals surface area (Å²) in [7, 11) is 0. The fourth-order valence-corrected chi connectivity index (χ4v) is 3.26. The van der Waals surface area contributed by atoms with Crippen LogP contribution in [-0.4, -0.2) is 35.1 Å². The number of amides is 2. The zero-order valence-corrected chi connectivity index (χ0v) is 15.8. The van der Waals surface area contributed by atoms with E-state index in [9.17, 15) is 14.0 Å². The highest BCUT2D eigenvalue weighted by Gasteiger charge is 2.26. The maximum atomic E-state index is 14.0. The zero-order chi connectivity index (χ0) is 18.9. The van der Waals surface area contributed by atoms with Gasteiger partial charge in [0.2, 0.25) is 11.8 Å². The van der Waals surface area contributed by atoms with E-state index in [1.807, 2.05) is 37.3 Å². The summed E-state index contributed by atoms with van der Waals surface area (Å²) in [6.45, 7) is 4.01. The fourth-order valence-electron chi connectivity index (χ4n) is 2.46. The number of carbonyl (C=O) groups is 2. The summed E-state index contributed by atoms with van der Waals surface area (Å²) in [4.78, 5) is 27.4. The highest BCUT2D eigenvalue weighted by molar-refractivity contribution is 8.00. The third-order valence-electron chi connectivity index (χ3n) is 3.92. The quantitative estimate of drug-likeness (QED) is 0.720. The minimum atomic E-state index is -0.682. The molecule has 6 heteroatoms. The van der Waals surface area contributed by atoms with Gasteiger partial charge in [0, 0.05) is 23.5 Å². The molecule has 0 bridgehead atoms. The molecule has 2 rings (SSSR count). The molecule has 2 aromatic rings. The lowest BCUT2D eigenvalue weighted by atomic mass is 10.1. The van der Waals surface area contributed by atoms with Gasteiger partial charge in [-0.05, 0) is 32.0 Å². The van der Waals surface area contributed by atoms with Gasteiger partial charge in [-0.2, -0.15) is 0 Å². The zero-order valence-electron chi connectivity index (χ0n) is 14.9. The molecular weight excluding hydrogens is 351 g/mol. The fraction of sp³-hybridized carbons (Fsp3) is 0.300. The molecule has 0 saturated heterocycles. The monoisotopic (exact) mass is 374 g/mol. The number of likely N-dealkylation sites (N-methyl/N-ethyl adjacent to an activating group) is 1. The van der Waals surface area contributed by atoms with Crippen LogP contribution in [0.2, 0.25) is 0 Å². The normalized spacial score (nSPS) is 11.7. The molecule has 0 unspecified atom stereocenters. The number of hydrogen-bond acceptors (Lipinski definition) is 3. The predicted molar refractivity (Wildman–Crippen MR) is 102 cm³/mol. The van der Waals surface area contributed by atoms with Crippen molar-refractivity contribution in [3.8, 4) is 0 Å². The Bertz CT molecular complexity index is 740. The van der Waals surface area contributed by atoms with E-state index in [0.29, 0.717) is 12.1 Å². The summed E-state index contributed by atoms with van der Waals surface area (Å²) in [6.07, 6.45) is 0. The SMILES string of the molecule is CCNC(=O)[C@H](C)N(Cc1ccccc1F)C(=O)CSc1ccccc1. The van der Waals surface area contributed by atoms with Gasteiger partial charge in [-0.1, -0.05) is 36.4 Å². The second kappa shape index (κ2) is 9.97. The van der Waals surface area contributed by atoms with E-state index in [1.54, 1.807) is 25.1 Å². The van der Waals surface area contributed by atoms with E-state index >= 15 is 0 Å². The van der Waals surface area contributed by atoms with Crippen LogP contribution in [0, 0.1) is 5.82 Å². The Morgan fingerprint density at radius 1 is 1.12 bits per heavy atom. The summed E-state index contributed by atoms with van der Waals surface area (Å²) in [5.41, 5.74) is 0.390. The molecule has 0 fully saturated rings. The Morgan fingerprint density at radius 3 is 2.42 bits per heavy atom. The van der Waals surface area contributed by atoms with Crippen LogP contribution in [-0.2, 0) is 16.1 Å². The van der Waals surface area contributed by atoms with Gasteiger partial charge in [-0.25, -0.2) is 4.39 Å². The summed E-state index contributed by atoms with van der Waals surface area (Å²) in [5.74, 6) is -0.658. The van der Waals surface area contributed by atoms with Gasteiger partial charge in [0.1, 0.15) is 11.9 Å². The molecule has 0 aliphatic heterocycles. The second-order valence-electron chi connectivity index (χ2n) is 5.79. The molecule has 2 amide bonds. The first-order valence-electron chi connectivity index (χ1n) is 8.51. The third-order valence-corrected chi connectivity index (χ3v) is 4.92. The number of nitrogens with one attached hydrogen (secondary N) is 1. The van der Waals surface area contributed by atoms with Crippen molar-refractivity contribution in [3.05, 3.63) is 66.0 Å². The van der Waals surface area contributed by atoms with Gasteiger partial charge in [0.15, 0.2) is 0 Å². The molecule has 2 aromatic carbocycles. The summed E-state index contributed by atoms with van der Waals surface area (Å²) < 4.78 is 14.0. The Morgan fingerprint density at radius 2 is 1.77 bits per heavy atom. The van der Waals surface area contributed by atoms with Crippen LogP contribution in [0.15, 0.2) is 59.5 Å². The standard InChI is InChI=1S/C20H23FN2O2S/c1-3-22-20(25)15(2)23(13-16-9-7-8-12-18(16)21)19(24)14-26-17-10-5-4-6-11-17/h4-12,15H,3,13-14H2,1-2H3,(H,22,25)/t15-/m0/s1. The van der Waals surface area contributed by atoms with Crippen molar-refractivity contribution in [1.29, 1.82) is 0 Å². The molecule has 0 radical (unpaired) electrons. The van der Waals surface area contributed by atoms with Crippen LogP contribution in [0.4, 0.5) is 4.39 Å². The number of halogens is 1. The van der Waals surface area contributed by atoms with Crippen LogP contribution < -0.4 is 5.32 Å². The number of carbonyl (C=O) groups excluding carboxylic acids is 2. The van der Waals surface area contributed by atoms with Gasteiger partial charge in [0.05, 0.1) is 5.75 Å². The predicted octanol–water partition coefficient (Wildman–Crippen LogP) is 3.47. The van der Waals surface area contributed by atoms with Gasteiger partial charge in [-0.3, -0.25) is 9.59 Å². The lowest BCUT2D eigenvalue weighted by Crippen LogP contribution is -2.48. The van der Waals surface area contributed by atoms with E-state index in [4.69, 9.17) is 0 Å². The minimum absolute atomic E-state index is 0.0547. The molecule has 26 heavy (non-hydrogen) atoms. The van der Waals surface area contributed by atoms with Crippen LogP contribution >= 0.6 is 11.8 Å². The smallest absolute Gasteiger partial charge is 0.242 e. The molecule has 0 aliphatic carbocycles. The molecule has 0 aliphatic rings. The maximum Gasteiger partial charge on any atom is 0.242 e. The van der Waals surface area contributed by atoms with Crippen molar-refractivity contribution in [2.75, 3.05) is 12.3 Å². The number of hydrogen-bond donors (Lipinski definition) is 1. The Hall–Kier alpha value is -2.34. The molecule has 1 atom stereocenters. The average molecular weight is 374 g/mol. The van der Waals surface area contributed by atoms with Gasteiger partial charge < -0.3 is 10.2 Å². The number of nitrogens with zero attached hydrogens (tertiary/aromatic N) is 1. The summed E-state index contributed by atoms with van der Waals surface area (Å²) in [5, 5.41) is 2.72. The van der Waals surface area contributed by atoms with Crippen molar-refractivity contribution in [2.24, 2.45) is 0 Å². The molecule has 0 aromatic heterocycles. The average Bonchev–Trinajstić information content (AvgIpc) is 2.66. The topological polar surface area (TPSA) is 49.4 Å². The summed E-state index contributed by atoms with van der Waals surface area (Å²) >= 11 is 1.40. The molecule has 4 nitrogen and oxygen atoms in total. The molecule has 0 spiro atoms. The lowest BCUT2D eigenvalue weighted by Gasteiger charge is -2.28. The van der Waals surface area contributed by atoms with Crippen molar-refractivity contribution in [3.63, 3.8) is 0 Å². The van der Waals surface area contributed by atoms with Crippen molar-refractivity contribution < 1.29 is 14.0 Å². The molecular formula is C20H23FN2O2S. The summed E-state index contributed by atoms with van der Waals surface area (Å²) in [6, 6.07) is 15.2. The largest absolute Gasteiger partial charge is 0.355 e. The van der Waals surface area contributed by atoms with Crippen LogP contribution in [0.3, 0.4) is 0 Å². The lowest BCUT2D eigenvalue weighted by molar-refractivity contribution is -0.138.